The number of para-hydroxylation sites is 1. The summed E-state index contributed by atoms with van der Waals surface area (Å²) in [5.41, 5.74) is 5.27. The standard InChI is InChI=1S/C30H25NO2/c1-21-8-11-23(12-9-21)20-31-29(19-25-13-10-22(2)18-28(25)30(31)32)24-14-16-27(17-15-24)33-26-6-4-3-5-7-26/h3-19H,20H2,1-2H3. The fourth-order valence-electron chi connectivity index (χ4n) is 4.05. The van der Waals surface area contributed by atoms with Crippen LogP contribution < -0.4 is 10.3 Å². The molecule has 0 aliphatic carbocycles. The lowest BCUT2D eigenvalue weighted by molar-refractivity contribution is 0.483. The Balaban J connectivity index is 1.59. The van der Waals surface area contributed by atoms with Gasteiger partial charge in [0, 0.05) is 5.39 Å². The lowest BCUT2D eigenvalue weighted by atomic mass is 10.0. The molecule has 162 valence electrons. The average Bonchev–Trinajstić information content (AvgIpc) is 2.84. The Labute approximate surface area is 193 Å². The zero-order valence-corrected chi connectivity index (χ0v) is 18.8. The number of pyridine rings is 1. The van der Waals surface area contributed by atoms with Crippen LogP contribution in [0, 0.1) is 13.8 Å². The van der Waals surface area contributed by atoms with Crippen LogP contribution in [0.3, 0.4) is 0 Å². The Morgan fingerprint density at radius 2 is 1.36 bits per heavy atom. The minimum Gasteiger partial charge on any atom is -0.457 e. The van der Waals surface area contributed by atoms with E-state index in [0.29, 0.717) is 6.54 Å². The number of ether oxygens (including phenoxy) is 1. The number of hydrogen-bond donors (Lipinski definition) is 0. The molecule has 33 heavy (non-hydrogen) atoms. The summed E-state index contributed by atoms with van der Waals surface area (Å²) >= 11 is 0. The van der Waals surface area contributed by atoms with Crippen LogP contribution in [0.15, 0.2) is 108 Å². The zero-order valence-electron chi connectivity index (χ0n) is 18.8. The number of fused-ring (bicyclic) bond motifs is 1. The summed E-state index contributed by atoms with van der Waals surface area (Å²) in [5, 5.41) is 1.69. The van der Waals surface area contributed by atoms with Crippen molar-refractivity contribution in [2.75, 3.05) is 0 Å². The highest BCUT2D eigenvalue weighted by Crippen LogP contribution is 2.28. The third-order valence-corrected chi connectivity index (χ3v) is 5.86. The average molecular weight is 432 g/mol. The highest BCUT2D eigenvalue weighted by atomic mass is 16.5. The van der Waals surface area contributed by atoms with Gasteiger partial charge in [-0.1, -0.05) is 65.7 Å². The van der Waals surface area contributed by atoms with Crippen LogP contribution in [0.4, 0.5) is 0 Å². The van der Waals surface area contributed by atoms with Crippen molar-refractivity contribution >= 4 is 10.8 Å². The molecule has 0 aliphatic rings. The SMILES string of the molecule is Cc1ccc(Cn2c(-c3ccc(Oc4ccccc4)cc3)cc3ccc(C)cc3c2=O)cc1. The van der Waals surface area contributed by atoms with Gasteiger partial charge in [-0.3, -0.25) is 4.79 Å². The molecule has 5 rings (SSSR count). The van der Waals surface area contributed by atoms with Gasteiger partial charge in [0.1, 0.15) is 11.5 Å². The monoisotopic (exact) mass is 431 g/mol. The fraction of sp³-hybridized carbons (Fsp3) is 0.100. The van der Waals surface area contributed by atoms with E-state index >= 15 is 0 Å². The predicted molar refractivity (Wildman–Crippen MR) is 135 cm³/mol. The van der Waals surface area contributed by atoms with E-state index in [4.69, 9.17) is 4.74 Å². The molecule has 0 fully saturated rings. The van der Waals surface area contributed by atoms with Crippen molar-refractivity contribution in [1.82, 2.24) is 4.57 Å². The van der Waals surface area contributed by atoms with Gasteiger partial charge in [-0.25, -0.2) is 0 Å². The summed E-state index contributed by atoms with van der Waals surface area (Å²) in [6, 6.07) is 34.1. The molecule has 0 amide bonds. The lowest BCUT2D eigenvalue weighted by Crippen LogP contribution is -2.22. The number of aromatic nitrogens is 1. The summed E-state index contributed by atoms with van der Waals surface area (Å²) in [6.45, 7) is 4.60. The van der Waals surface area contributed by atoms with Crippen molar-refractivity contribution in [2.24, 2.45) is 0 Å². The van der Waals surface area contributed by atoms with Crippen molar-refractivity contribution in [3.63, 3.8) is 0 Å². The van der Waals surface area contributed by atoms with Crippen LogP contribution in [0.2, 0.25) is 0 Å². The molecule has 3 nitrogen and oxygen atoms in total. The van der Waals surface area contributed by atoms with Gasteiger partial charge in [0.2, 0.25) is 0 Å². The van der Waals surface area contributed by atoms with E-state index in [1.54, 1.807) is 0 Å². The van der Waals surface area contributed by atoms with Crippen molar-refractivity contribution in [3.05, 3.63) is 130 Å². The number of aryl methyl sites for hydroxylation is 2. The van der Waals surface area contributed by atoms with Gasteiger partial charge in [0.05, 0.1) is 12.2 Å². The molecular weight excluding hydrogens is 406 g/mol. The molecule has 0 radical (unpaired) electrons. The van der Waals surface area contributed by atoms with Crippen LogP contribution in [0.5, 0.6) is 11.5 Å². The molecule has 5 aromatic rings. The predicted octanol–water partition coefficient (Wildman–Crippen LogP) is 7.13. The molecule has 0 N–H and O–H groups in total. The first kappa shape index (κ1) is 20.8. The molecule has 1 aromatic heterocycles. The number of rotatable bonds is 5. The number of hydrogen-bond acceptors (Lipinski definition) is 2. The molecule has 4 aromatic carbocycles. The molecule has 0 bridgehead atoms. The van der Waals surface area contributed by atoms with Gasteiger partial charge < -0.3 is 9.30 Å². The van der Waals surface area contributed by atoms with Gasteiger partial charge in [-0.2, -0.15) is 0 Å². The van der Waals surface area contributed by atoms with Gasteiger partial charge in [-0.05, 0) is 78.9 Å². The third kappa shape index (κ3) is 4.44. The Morgan fingerprint density at radius 1 is 0.697 bits per heavy atom. The van der Waals surface area contributed by atoms with Crippen LogP contribution in [-0.4, -0.2) is 4.57 Å². The molecule has 0 atom stereocenters. The summed E-state index contributed by atoms with van der Waals surface area (Å²) in [4.78, 5) is 13.6. The fourth-order valence-corrected chi connectivity index (χ4v) is 4.05. The second-order valence-electron chi connectivity index (χ2n) is 8.44. The maximum atomic E-state index is 13.6. The second-order valence-corrected chi connectivity index (χ2v) is 8.44. The first-order valence-electron chi connectivity index (χ1n) is 11.1. The Hall–Kier alpha value is -4.11. The van der Waals surface area contributed by atoms with Crippen molar-refractivity contribution in [2.45, 2.75) is 20.4 Å². The van der Waals surface area contributed by atoms with E-state index in [1.165, 1.54) is 5.56 Å². The Bertz CT molecular complexity index is 1470. The van der Waals surface area contributed by atoms with Crippen molar-refractivity contribution < 1.29 is 4.74 Å². The highest BCUT2D eigenvalue weighted by molar-refractivity contribution is 5.86. The van der Waals surface area contributed by atoms with E-state index in [1.807, 2.05) is 84.3 Å². The molecular formula is C30H25NO2. The van der Waals surface area contributed by atoms with Crippen molar-refractivity contribution in [3.8, 4) is 22.8 Å². The molecule has 3 heteroatoms. The molecule has 0 saturated heterocycles. The summed E-state index contributed by atoms with van der Waals surface area (Å²) in [6.07, 6.45) is 0. The van der Waals surface area contributed by atoms with Gasteiger partial charge in [0.15, 0.2) is 0 Å². The van der Waals surface area contributed by atoms with Gasteiger partial charge in [0.25, 0.3) is 5.56 Å². The normalized spacial score (nSPS) is 11.0. The van der Waals surface area contributed by atoms with E-state index in [2.05, 4.69) is 37.3 Å². The summed E-state index contributed by atoms with van der Waals surface area (Å²) < 4.78 is 7.82. The largest absolute Gasteiger partial charge is 0.457 e. The lowest BCUT2D eigenvalue weighted by Gasteiger charge is -2.16. The maximum Gasteiger partial charge on any atom is 0.259 e. The third-order valence-electron chi connectivity index (χ3n) is 5.86. The Morgan fingerprint density at radius 3 is 2.09 bits per heavy atom. The van der Waals surface area contributed by atoms with E-state index in [0.717, 1.165) is 44.7 Å². The van der Waals surface area contributed by atoms with Crippen LogP contribution in [-0.2, 0) is 6.54 Å². The first-order valence-corrected chi connectivity index (χ1v) is 11.1. The van der Waals surface area contributed by atoms with Crippen LogP contribution in [0.25, 0.3) is 22.0 Å². The minimum atomic E-state index is 0.0244. The smallest absolute Gasteiger partial charge is 0.259 e. The van der Waals surface area contributed by atoms with Gasteiger partial charge >= 0.3 is 0 Å². The molecule has 0 spiro atoms. The quantitative estimate of drug-likeness (QED) is 0.296. The zero-order chi connectivity index (χ0) is 22.8. The molecule has 0 saturated carbocycles. The first-order chi connectivity index (χ1) is 16.1. The molecule has 1 heterocycles. The second kappa shape index (κ2) is 8.79. The van der Waals surface area contributed by atoms with Gasteiger partial charge in [-0.15, -0.1) is 0 Å². The van der Waals surface area contributed by atoms with E-state index in [9.17, 15) is 4.79 Å². The Kier molecular flexibility index (Phi) is 5.54. The topological polar surface area (TPSA) is 31.2 Å². The van der Waals surface area contributed by atoms with Crippen LogP contribution in [0.1, 0.15) is 16.7 Å². The number of benzene rings is 4. The molecule has 0 aliphatic heterocycles. The minimum absolute atomic E-state index is 0.0244. The highest BCUT2D eigenvalue weighted by Gasteiger charge is 2.12. The molecule has 0 unspecified atom stereocenters. The maximum absolute atomic E-state index is 13.6. The van der Waals surface area contributed by atoms with E-state index in [-0.39, 0.29) is 5.56 Å². The summed E-state index contributed by atoms with van der Waals surface area (Å²) in [7, 11) is 0. The summed E-state index contributed by atoms with van der Waals surface area (Å²) in [5.74, 6) is 1.55. The number of nitrogens with zero attached hydrogens (tertiary/aromatic N) is 1. The van der Waals surface area contributed by atoms with E-state index < -0.39 is 0 Å². The van der Waals surface area contributed by atoms with Crippen molar-refractivity contribution in [1.29, 1.82) is 0 Å². The van der Waals surface area contributed by atoms with Crippen LogP contribution >= 0.6 is 0 Å².